The van der Waals surface area contributed by atoms with Gasteiger partial charge in [-0.05, 0) is 0 Å². The SMILES string of the molecule is CCCCCCc1ccc(-c2cc(-c3ccc(-c4ccc[se]4)s3)nc(-c3ccc(-c4ccc[se]4)s3)c2)s1. The van der Waals surface area contributed by atoms with Gasteiger partial charge in [-0.25, -0.2) is 0 Å². The predicted molar refractivity (Wildman–Crippen MR) is 167 cm³/mol. The van der Waals surface area contributed by atoms with E-state index in [0.29, 0.717) is 29.0 Å². The van der Waals surface area contributed by atoms with Crippen molar-refractivity contribution in [3.8, 4) is 50.2 Å². The van der Waals surface area contributed by atoms with Crippen LogP contribution >= 0.6 is 34.0 Å². The molecule has 186 valence electrons. The van der Waals surface area contributed by atoms with Gasteiger partial charge in [-0.15, -0.1) is 0 Å². The third kappa shape index (κ3) is 5.97. The van der Waals surface area contributed by atoms with Gasteiger partial charge in [0.05, 0.1) is 0 Å². The van der Waals surface area contributed by atoms with Crippen LogP contribution in [0, 0.1) is 0 Å². The molecular formula is C31H27NS3Se2. The summed E-state index contributed by atoms with van der Waals surface area (Å²) in [4.78, 5) is 17.9. The van der Waals surface area contributed by atoms with Gasteiger partial charge in [-0.2, -0.15) is 0 Å². The van der Waals surface area contributed by atoms with E-state index < -0.39 is 0 Å². The van der Waals surface area contributed by atoms with E-state index in [0.717, 1.165) is 11.4 Å². The number of pyridine rings is 1. The fraction of sp³-hybridized carbons (Fsp3) is 0.194. The standard InChI is InChI=1S/C31H27NS3Se2/c1-2-3-4-5-8-22-11-12-25(33-22)21-19-23(26-13-15-28(34-26)30-9-6-17-36-30)32-24(20-21)27-14-16-29(35-27)31-10-7-18-37-31/h6-7,9-20H,2-5,8H2,1H3. The van der Waals surface area contributed by atoms with Gasteiger partial charge in [0.2, 0.25) is 0 Å². The van der Waals surface area contributed by atoms with Gasteiger partial charge in [-0.3, -0.25) is 0 Å². The van der Waals surface area contributed by atoms with Crippen LogP contribution < -0.4 is 0 Å². The van der Waals surface area contributed by atoms with Gasteiger partial charge >= 0.3 is 219 Å². The molecule has 6 aromatic rings. The first-order valence-electron chi connectivity index (χ1n) is 12.7. The van der Waals surface area contributed by atoms with Crippen molar-refractivity contribution in [3.05, 3.63) is 87.6 Å². The number of hydrogen-bond donors (Lipinski definition) is 0. The topological polar surface area (TPSA) is 12.9 Å². The van der Waals surface area contributed by atoms with Crippen LogP contribution in [0.15, 0.2) is 82.7 Å². The van der Waals surface area contributed by atoms with Crippen molar-refractivity contribution in [1.29, 1.82) is 0 Å². The summed E-state index contributed by atoms with van der Waals surface area (Å²) in [6.07, 6.45) is 6.43. The van der Waals surface area contributed by atoms with Crippen LogP contribution in [0.1, 0.15) is 37.5 Å². The van der Waals surface area contributed by atoms with Gasteiger partial charge in [0.15, 0.2) is 0 Å². The molecule has 6 rings (SSSR count). The molecule has 6 heteroatoms. The fourth-order valence-electron chi connectivity index (χ4n) is 4.37. The summed E-state index contributed by atoms with van der Waals surface area (Å²) in [6.45, 7) is 2.28. The maximum absolute atomic E-state index is 5.22. The molecule has 37 heavy (non-hydrogen) atoms. The zero-order valence-electron chi connectivity index (χ0n) is 20.6. The second-order valence-corrected chi connectivity index (χ2v) is 16.3. The molecule has 0 fully saturated rings. The number of aryl methyl sites for hydroxylation is 1. The Morgan fingerprint density at radius 3 is 1.78 bits per heavy atom. The van der Waals surface area contributed by atoms with Crippen LogP contribution in [0.2, 0.25) is 0 Å². The first-order chi connectivity index (χ1) is 18.3. The molecule has 0 saturated carbocycles. The number of rotatable bonds is 10. The third-order valence-electron chi connectivity index (χ3n) is 6.29. The molecule has 0 saturated heterocycles. The minimum absolute atomic E-state index is 0.450. The van der Waals surface area contributed by atoms with Crippen molar-refractivity contribution in [2.75, 3.05) is 0 Å². The molecule has 0 spiro atoms. The molecule has 0 amide bonds. The maximum atomic E-state index is 5.22. The van der Waals surface area contributed by atoms with E-state index in [1.807, 2.05) is 34.0 Å². The van der Waals surface area contributed by atoms with Crippen LogP contribution in [-0.4, -0.2) is 34.0 Å². The molecule has 6 heterocycles. The van der Waals surface area contributed by atoms with Crippen molar-refractivity contribution in [2.24, 2.45) is 0 Å². The number of thiophene rings is 3. The molecule has 6 aromatic heterocycles. The Morgan fingerprint density at radius 2 is 1.22 bits per heavy atom. The zero-order chi connectivity index (χ0) is 25.0. The monoisotopic (exact) mass is 669 g/mol. The van der Waals surface area contributed by atoms with E-state index in [1.165, 1.54) is 75.8 Å². The molecule has 0 aromatic carbocycles. The van der Waals surface area contributed by atoms with E-state index >= 15 is 0 Å². The van der Waals surface area contributed by atoms with Crippen LogP contribution in [0.25, 0.3) is 50.2 Å². The molecule has 0 bridgehead atoms. The first-order valence-corrected chi connectivity index (χ1v) is 18.8. The van der Waals surface area contributed by atoms with Crippen molar-refractivity contribution in [2.45, 2.75) is 39.0 Å². The Bertz CT molecular complexity index is 1480. The number of unbranched alkanes of at least 4 members (excludes halogenated alkanes) is 3. The fourth-order valence-corrected chi connectivity index (χ4v) is 10.9. The van der Waals surface area contributed by atoms with Crippen molar-refractivity contribution >= 4 is 63.0 Å². The summed E-state index contributed by atoms with van der Waals surface area (Å²) < 4.78 is 2.93. The number of nitrogens with zero attached hydrogens (tertiary/aromatic N) is 1. The quantitative estimate of drug-likeness (QED) is 0.105. The van der Waals surface area contributed by atoms with Gasteiger partial charge in [-0.1, -0.05) is 26.2 Å². The summed E-state index contributed by atoms with van der Waals surface area (Å²) >= 11 is 6.60. The van der Waals surface area contributed by atoms with Crippen LogP contribution in [-0.2, 0) is 6.42 Å². The minimum atomic E-state index is 0.450. The molecule has 1 nitrogen and oxygen atoms in total. The van der Waals surface area contributed by atoms with Crippen LogP contribution in [0.4, 0.5) is 0 Å². The zero-order valence-corrected chi connectivity index (χ0v) is 26.5. The van der Waals surface area contributed by atoms with Crippen molar-refractivity contribution < 1.29 is 0 Å². The van der Waals surface area contributed by atoms with Crippen LogP contribution in [0.3, 0.4) is 0 Å². The third-order valence-corrected chi connectivity index (χ3v) is 14.1. The molecule has 0 aliphatic rings. The second kappa shape index (κ2) is 12.0. The Morgan fingerprint density at radius 1 is 0.622 bits per heavy atom. The normalized spacial score (nSPS) is 11.4. The molecule has 0 unspecified atom stereocenters. The molecular weight excluding hydrogens is 640 g/mol. The number of aromatic nitrogens is 1. The number of hydrogen-bond acceptors (Lipinski definition) is 4. The average Bonchev–Trinajstić information content (AvgIpc) is 3.76. The Balaban J connectivity index is 1.37. The summed E-state index contributed by atoms with van der Waals surface area (Å²) in [5, 5.41) is 0. The van der Waals surface area contributed by atoms with E-state index in [-0.39, 0.29) is 0 Å². The van der Waals surface area contributed by atoms with E-state index in [1.54, 1.807) is 0 Å². The Labute approximate surface area is 243 Å². The van der Waals surface area contributed by atoms with Crippen molar-refractivity contribution in [3.63, 3.8) is 0 Å². The second-order valence-electron chi connectivity index (χ2n) is 8.99. The van der Waals surface area contributed by atoms with Gasteiger partial charge in [0.1, 0.15) is 0 Å². The molecule has 0 radical (unpaired) electrons. The predicted octanol–water partition coefficient (Wildman–Crippen LogP) is 9.84. The Hall–Kier alpha value is -1.75. The first kappa shape index (κ1) is 25.5. The average molecular weight is 668 g/mol. The summed E-state index contributed by atoms with van der Waals surface area (Å²) in [5.41, 5.74) is 3.45. The molecule has 0 atom stereocenters. The van der Waals surface area contributed by atoms with Crippen molar-refractivity contribution in [1.82, 2.24) is 4.98 Å². The van der Waals surface area contributed by atoms with E-state index in [2.05, 4.69) is 89.6 Å². The van der Waals surface area contributed by atoms with Crippen LogP contribution in [0.5, 0.6) is 0 Å². The summed E-state index contributed by atoms with van der Waals surface area (Å²) in [6, 6.07) is 27.2. The molecule has 0 aliphatic carbocycles. The van der Waals surface area contributed by atoms with E-state index in [4.69, 9.17) is 4.98 Å². The van der Waals surface area contributed by atoms with Gasteiger partial charge < -0.3 is 0 Å². The van der Waals surface area contributed by atoms with Gasteiger partial charge in [0, 0.05) is 0 Å². The summed E-state index contributed by atoms with van der Waals surface area (Å²) in [5.74, 6) is 0. The van der Waals surface area contributed by atoms with E-state index in [9.17, 15) is 0 Å². The molecule has 0 aliphatic heterocycles. The Kier molecular flexibility index (Phi) is 8.25. The van der Waals surface area contributed by atoms with Gasteiger partial charge in [0.25, 0.3) is 0 Å². The molecule has 0 N–H and O–H groups in total. The summed E-state index contributed by atoms with van der Waals surface area (Å²) in [7, 11) is 0.